The van der Waals surface area contributed by atoms with E-state index in [4.69, 9.17) is 21.6 Å². The number of carbonyl (C=O) groups excluding carboxylic acids is 2. The highest BCUT2D eigenvalue weighted by Gasteiger charge is 2.13. The Hall–Kier alpha value is -2.76. The Balaban J connectivity index is 1.84. The number of esters is 1. The Morgan fingerprint density at radius 3 is 2.69 bits per heavy atom. The van der Waals surface area contributed by atoms with Gasteiger partial charge in [0.05, 0.1) is 16.3 Å². The van der Waals surface area contributed by atoms with Gasteiger partial charge >= 0.3 is 5.97 Å². The van der Waals surface area contributed by atoms with E-state index in [0.717, 1.165) is 11.8 Å². The molecule has 2 rings (SSSR count). The number of thioether (sulfide) groups is 1. The minimum Gasteiger partial charge on any atom is -0.455 e. The van der Waals surface area contributed by atoms with Crippen LogP contribution in [-0.2, 0) is 14.3 Å². The Morgan fingerprint density at radius 2 is 2.04 bits per heavy atom. The van der Waals surface area contributed by atoms with Crippen molar-refractivity contribution in [3.05, 3.63) is 56.8 Å². The fourth-order valence-corrected chi connectivity index (χ4v) is 2.95. The van der Waals surface area contributed by atoms with Crippen molar-refractivity contribution in [3.63, 3.8) is 0 Å². The molecular formula is C17H14ClN3O4S. The molecule has 1 aromatic heterocycles. The first-order valence-electron chi connectivity index (χ1n) is 7.37. The van der Waals surface area contributed by atoms with Gasteiger partial charge < -0.3 is 15.0 Å². The maximum Gasteiger partial charge on any atom is 0.316 e. The molecule has 2 aromatic rings. The summed E-state index contributed by atoms with van der Waals surface area (Å²) < 4.78 is 4.88. The molecule has 134 valence electrons. The molecule has 0 aliphatic heterocycles. The number of nitrogens with zero attached hydrogens (tertiary/aromatic N) is 1. The van der Waals surface area contributed by atoms with E-state index in [1.807, 2.05) is 6.07 Å². The number of carbonyl (C=O) groups is 2. The molecule has 2 N–H and O–H groups in total. The Morgan fingerprint density at radius 1 is 1.35 bits per heavy atom. The van der Waals surface area contributed by atoms with Crippen molar-refractivity contribution in [2.75, 3.05) is 17.7 Å². The zero-order chi connectivity index (χ0) is 19.1. The summed E-state index contributed by atoms with van der Waals surface area (Å²) in [5.41, 5.74) is 0.984. The maximum atomic E-state index is 11.8. The van der Waals surface area contributed by atoms with Gasteiger partial charge in [0.1, 0.15) is 6.07 Å². The van der Waals surface area contributed by atoms with E-state index >= 15 is 0 Å². The van der Waals surface area contributed by atoms with Crippen LogP contribution in [0.1, 0.15) is 11.1 Å². The van der Waals surface area contributed by atoms with Gasteiger partial charge in [-0.2, -0.15) is 5.26 Å². The van der Waals surface area contributed by atoms with Gasteiger partial charge in [-0.3, -0.25) is 14.4 Å². The molecule has 7 nitrogen and oxygen atoms in total. The van der Waals surface area contributed by atoms with Crippen LogP contribution in [0.25, 0.3) is 0 Å². The number of hydrogen-bond donors (Lipinski definition) is 2. The van der Waals surface area contributed by atoms with Crippen molar-refractivity contribution in [3.8, 4) is 6.07 Å². The third-order valence-corrected chi connectivity index (χ3v) is 4.37. The van der Waals surface area contributed by atoms with E-state index in [1.165, 1.54) is 6.07 Å². The molecule has 0 fully saturated rings. The van der Waals surface area contributed by atoms with Crippen LogP contribution in [0.2, 0.25) is 5.02 Å². The maximum absolute atomic E-state index is 11.8. The number of benzene rings is 1. The normalized spacial score (nSPS) is 10.0. The molecular weight excluding hydrogens is 378 g/mol. The second-order valence-electron chi connectivity index (χ2n) is 5.14. The minimum atomic E-state index is -0.646. The number of nitrogens with one attached hydrogen (secondary N) is 2. The fourth-order valence-electron chi connectivity index (χ4n) is 1.95. The van der Waals surface area contributed by atoms with Gasteiger partial charge in [-0.15, -0.1) is 0 Å². The summed E-state index contributed by atoms with van der Waals surface area (Å²) in [7, 11) is 0. The third-order valence-electron chi connectivity index (χ3n) is 3.14. The lowest BCUT2D eigenvalue weighted by Gasteiger charge is -2.08. The molecule has 0 saturated carbocycles. The van der Waals surface area contributed by atoms with Crippen LogP contribution in [-0.4, -0.2) is 29.2 Å². The molecule has 0 bridgehead atoms. The lowest BCUT2D eigenvalue weighted by Crippen LogP contribution is -2.21. The van der Waals surface area contributed by atoms with Crippen LogP contribution in [0.15, 0.2) is 40.2 Å². The van der Waals surface area contributed by atoms with Gasteiger partial charge in [-0.1, -0.05) is 23.4 Å². The van der Waals surface area contributed by atoms with Crippen molar-refractivity contribution in [1.82, 2.24) is 4.98 Å². The zero-order valence-corrected chi connectivity index (χ0v) is 15.2. The van der Waals surface area contributed by atoms with E-state index in [0.29, 0.717) is 26.9 Å². The molecule has 0 spiro atoms. The third kappa shape index (κ3) is 5.65. The van der Waals surface area contributed by atoms with Gasteiger partial charge in [0.2, 0.25) is 5.56 Å². The van der Waals surface area contributed by atoms with Crippen molar-refractivity contribution < 1.29 is 14.3 Å². The quantitative estimate of drug-likeness (QED) is 0.578. The summed E-state index contributed by atoms with van der Waals surface area (Å²) in [6.45, 7) is 1.19. The molecule has 0 aliphatic carbocycles. The topological polar surface area (TPSA) is 112 Å². The number of pyridine rings is 1. The van der Waals surface area contributed by atoms with E-state index in [1.54, 1.807) is 31.2 Å². The molecule has 0 radical (unpaired) electrons. The zero-order valence-electron chi connectivity index (χ0n) is 13.7. The largest absolute Gasteiger partial charge is 0.455 e. The summed E-state index contributed by atoms with van der Waals surface area (Å²) in [5, 5.41) is 12.5. The van der Waals surface area contributed by atoms with Crippen molar-refractivity contribution in [2.24, 2.45) is 0 Å². The van der Waals surface area contributed by atoms with Crippen LogP contribution < -0.4 is 10.9 Å². The van der Waals surface area contributed by atoms with Crippen molar-refractivity contribution in [1.29, 1.82) is 5.26 Å². The fraction of sp³-hybridized carbons (Fsp3) is 0.176. The van der Waals surface area contributed by atoms with Gasteiger partial charge in [0, 0.05) is 16.8 Å². The summed E-state index contributed by atoms with van der Waals surface area (Å²) in [4.78, 5) is 37.5. The van der Waals surface area contributed by atoms with Gasteiger partial charge in [0.25, 0.3) is 5.91 Å². The molecule has 0 atom stereocenters. The molecule has 1 amide bonds. The number of halogens is 1. The first-order chi connectivity index (χ1) is 12.4. The molecule has 0 unspecified atom stereocenters. The predicted octanol–water partition coefficient (Wildman–Crippen LogP) is 2.48. The highest BCUT2D eigenvalue weighted by atomic mass is 35.5. The smallest absolute Gasteiger partial charge is 0.316 e. The monoisotopic (exact) mass is 391 g/mol. The Bertz CT molecular complexity index is 919. The van der Waals surface area contributed by atoms with Crippen LogP contribution in [0.5, 0.6) is 0 Å². The van der Waals surface area contributed by atoms with Crippen LogP contribution >= 0.6 is 23.4 Å². The van der Waals surface area contributed by atoms with Crippen LogP contribution in [0, 0.1) is 18.3 Å². The lowest BCUT2D eigenvalue weighted by molar-refractivity contribution is -0.144. The van der Waals surface area contributed by atoms with Gasteiger partial charge in [0.15, 0.2) is 6.61 Å². The molecule has 1 heterocycles. The molecule has 1 aromatic carbocycles. The Kier molecular flexibility index (Phi) is 6.83. The number of ether oxygens (including phenoxy) is 1. The van der Waals surface area contributed by atoms with E-state index in [9.17, 15) is 14.4 Å². The van der Waals surface area contributed by atoms with Crippen molar-refractivity contribution >= 4 is 40.9 Å². The number of aromatic amines is 1. The standard InChI is InChI=1S/C17H14ClN3O4S/c1-10-6-14(22)21-17(13(10)7-19)26-9-16(24)25-8-15(23)20-12-4-2-11(18)3-5-12/h2-6H,8-9H2,1H3,(H,20,23)(H,21,22). The average molecular weight is 392 g/mol. The number of amides is 1. The molecule has 26 heavy (non-hydrogen) atoms. The summed E-state index contributed by atoms with van der Waals surface area (Å²) in [5.74, 6) is -1.29. The highest BCUT2D eigenvalue weighted by Crippen LogP contribution is 2.20. The highest BCUT2D eigenvalue weighted by molar-refractivity contribution is 7.99. The second kappa shape index (κ2) is 9.08. The number of H-pyrrole nitrogens is 1. The van der Waals surface area contributed by atoms with Crippen molar-refractivity contribution in [2.45, 2.75) is 11.9 Å². The van der Waals surface area contributed by atoms with Crippen LogP contribution in [0.4, 0.5) is 5.69 Å². The average Bonchev–Trinajstić information content (AvgIpc) is 2.59. The van der Waals surface area contributed by atoms with Gasteiger partial charge in [-0.25, -0.2) is 0 Å². The molecule has 0 saturated heterocycles. The van der Waals surface area contributed by atoms with Crippen LogP contribution in [0.3, 0.4) is 0 Å². The first-order valence-corrected chi connectivity index (χ1v) is 8.73. The summed E-state index contributed by atoms with van der Waals surface area (Å²) >= 11 is 6.72. The SMILES string of the molecule is Cc1cc(=O)[nH]c(SCC(=O)OCC(=O)Nc2ccc(Cl)cc2)c1C#N. The second-order valence-corrected chi connectivity index (χ2v) is 6.56. The summed E-state index contributed by atoms with van der Waals surface area (Å²) in [6, 6.07) is 9.77. The number of hydrogen-bond acceptors (Lipinski definition) is 6. The number of nitriles is 1. The molecule has 0 aliphatic rings. The predicted molar refractivity (Wildman–Crippen MR) is 98.3 cm³/mol. The van der Waals surface area contributed by atoms with E-state index in [2.05, 4.69) is 10.3 Å². The van der Waals surface area contributed by atoms with E-state index < -0.39 is 18.5 Å². The number of rotatable bonds is 6. The number of aromatic nitrogens is 1. The minimum absolute atomic E-state index is 0.150. The van der Waals surface area contributed by atoms with E-state index in [-0.39, 0.29) is 11.3 Å². The van der Waals surface area contributed by atoms with Gasteiger partial charge in [-0.05, 0) is 36.8 Å². The summed E-state index contributed by atoms with van der Waals surface area (Å²) in [6.07, 6.45) is 0. The first kappa shape index (κ1) is 19.6. The number of aryl methyl sites for hydroxylation is 1. The lowest BCUT2D eigenvalue weighted by atomic mass is 10.2. The molecule has 9 heteroatoms. The number of anilines is 1. The Labute approximate surface area is 158 Å².